The minimum absolute atomic E-state index is 0.0765. The second-order valence-electron chi connectivity index (χ2n) is 6.23. The first-order valence-electron chi connectivity index (χ1n) is 8.51. The van der Waals surface area contributed by atoms with Crippen molar-refractivity contribution in [1.82, 2.24) is 4.68 Å². The third-order valence-electron chi connectivity index (χ3n) is 4.24. The number of benzene rings is 2. The molecule has 0 unspecified atom stereocenters. The summed E-state index contributed by atoms with van der Waals surface area (Å²) in [5.41, 5.74) is 5.89. The Morgan fingerprint density at radius 3 is 2.41 bits per heavy atom. The van der Waals surface area contributed by atoms with E-state index in [1.54, 1.807) is 12.1 Å². The number of halogens is 1. The average Bonchev–Trinajstić information content (AvgIpc) is 3.03. The van der Waals surface area contributed by atoms with Crippen LogP contribution in [0.5, 0.6) is 0 Å². The Labute approximate surface area is 156 Å². The fourth-order valence-electron chi connectivity index (χ4n) is 2.80. The van der Waals surface area contributed by atoms with Gasteiger partial charge in [-0.1, -0.05) is 42.0 Å². The summed E-state index contributed by atoms with van der Waals surface area (Å²) in [4.78, 5) is 23.5. The van der Waals surface area contributed by atoms with Crippen LogP contribution in [0.3, 0.4) is 0 Å². The molecular formula is C21H19FN2O3. The van der Waals surface area contributed by atoms with Crippen LogP contribution < -0.4 is 5.43 Å². The monoisotopic (exact) mass is 366 g/mol. The number of carbonyl (C=O) groups excluding carboxylic acids is 1. The lowest BCUT2D eigenvalue weighted by Gasteiger charge is -2.15. The largest absolute Gasteiger partial charge is 0.481 e. The lowest BCUT2D eigenvalue weighted by atomic mass is 10.1. The summed E-state index contributed by atoms with van der Waals surface area (Å²) in [6, 6.07) is 17.0. The van der Waals surface area contributed by atoms with Gasteiger partial charge >= 0.3 is 5.97 Å². The van der Waals surface area contributed by atoms with Gasteiger partial charge in [-0.15, -0.1) is 0 Å². The normalized spacial score (nSPS) is 10.6. The maximum Gasteiger partial charge on any atom is 0.303 e. The van der Waals surface area contributed by atoms with Crippen LogP contribution in [0.4, 0.5) is 4.39 Å². The molecule has 0 spiro atoms. The summed E-state index contributed by atoms with van der Waals surface area (Å²) < 4.78 is 15.5. The van der Waals surface area contributed by atoms with Crippen molar-refractivity contribution in [3.8, 4) is 11.3 Å². The number of aliphatic carboxylic acids is 1. The van der Waals surface area contributed by atoms with E-state index in [-0.39, 0.29) is 18.4 Å². The molecular weight excluding hydrogens is 347 g/mol. The van der Waals surface area contributed by atoms with Crippen molar-refractivity contribution in [2.45, 2.75) is 19.8 Å². The minimum atomic E-state index is -0.930. The molecule has 1 heterocycles. The molecule has 0 bridgehead atoms. The van der Waals surface area contributed by atoms with Crippen LogP contribution in [0.1, 0.15) is 28.0 Å². The van der Waals surface area contributed by atoms with Gasteiger partial charge in [0, 0.05) is 17.7 Å². The number of hydrogen-bond donors (Lipinski definition) is 2. The van der Waals surface area contributed by atoms with Crippen molar-refractivity contribution in [3.63, 3.8) is 0 Å². The van der Waals surface area contributed by atoms with Crippen molar-refractivity contribution < 1.29 is 19.1 Å². The summed E-state index contributed by atoms with van der Waals surface area (Å²) in [5.74, 6) is -2.15. The van der Waals surface area contributed by atoms with Crippen LogP contribution in [-0.4, -0.2) is 21.7 Å². The van der Waals surface area contributed by atoms with Gasteiger partial charge in [0.2, 0.25) is 0 Å². The molecule has 27 heavy (non-hydrogen) atoms. The Bertz CT molecular complexity index is 977. The standard InChI is InChI=1S/C21H19FN2O3/c1-14-6-8-15(9-7-14)19-12-10-16(11-13-20(25)26)24(19)23-21(27)17-4-2-3-5-18(17)22/h2-10,12H,11,13H2,1H3,(H,23,27)(H,25,26). The lowest BCUT2D eigenvalue weighted by molar-refractivity contribution is -0.136. The van der Waals surface area contributed by atoms with E-state index in [1.165, 1.54) is 22.9 Å². The van der Waals surface area contributed by atoms with Gasteiger partial charge in [-0.2, -0.15) is 0 Å². The number of carboxylic acids is 1. The van der Waals surface area contributed by atoms with Gasteiger partial charge in [-0.05, 0) is 31.2 Å². The third-order valence-corrected chi connectivity index (χ3v) is 4.24. The quantitative estimate of drug-likeness (QED) is 0.693. The summed E-state index contributed by atoms with van der Waals surface area (Å²) in [6.45, 7) is 1.97. The second-order valence-corrected chi connectivity index (χ2v) is 6.23. The number of rotatable bonds is 6. The first-order valence-corrected chi connectivity index (χ1v) is 8.51. The van der Waals surface area contributed by atoms with Crippen LogP contribution in [0, 0.1) is 12.7 Å². The van der Waals surface area contributed by atoms with Crippen molar-refractivity contribution in [1.29, 1.82) is 0 Å². The number of hydrogen-bond acceptors (Lipinski definition) is 2. The van der Waals surface area contributed by atoms with Gasteiger partial charge in [0.05, 0.1) is 17.7 Å². The molecule has 2 N–H and O–H groups in total. The number of aryl methyl sites for hydroxylation is 2. The van der Waals surface area contributed by atoms with Crippen LogP contribution in [-0.2, 0) is 11.2 Å². The van der Waals surface area contributed by atoms with E-state index in [2.05, 4.69) is 5.43 Å². The van der Waals surface area contributed by atoms with Gasteiger partial charge in [0.25, 0.3) is 5.91 Å². The highest BCUT2D eigenvalue weighted by molar-refractivity contribution is 6.00. The van der Waals surface area contributed by atoms with Crippen molar-refractivity contribution in [2.24, 2.45) is 0 Å². The van der Waals surface area contributed by atoms with Crippen molar-refractivity contribution in [2.75, 3.05) is 5.43 Å². The fraction of sp³-hybridized carbons (Fsp3) is 0.143. The van der Waals surface area contributed by atoms with E-state index in [1.807, 2.05) is 37.3 Å². The molecule has 0 aliphatic carbocycles. The van der Waals surface area contributed by atoms with E-state index in [0.29, 0.717) is 11.4 Å². The molecule has 3 rings (SSSR count). The molecule has 0 aliphatic heterocycles. The molecule has 6 heteroatoms. The molecule has 1 aromatic heterocycles. The molecule has 0 fully saturated rings. The highest BCUT2D eigenvalue weighted by Gasteiger charge is 2.16. The number of nitrogens with one attached hydrogen (secondary N) is 1. The first-order chi connectivity index (χ1) is 13.0. The number of nitrogens with zero attached hydrogens (tertiary/aromatic N) is 1. The zero-order valence-electron chi connectivity index (χ0n) is 14.8. The smallest absolute Gasteiger partial charge is 0.303 e. The molecule has 5 nitrogen and oxygen atoms in total. The zero-order chi connectivity index (χ0) is 19.4. The first kappa shape index (κ1) is 18.4. The predicted octanol–water partition coefficient (Wildman–Crippen LogP) is 4.00. The van der Waals surface area contributed by atoms with E-state index in [0.717, 1.165) is 11.1 Å². The molecule has 3 aromatic rings. The third kappa shape index (κ3) is 4.23. The van der Waals surface area contributed by atoms with Crippen LogP contribution in [0.25, 0.3) is 11.3 Å². The maximum absolute atomic E-state index is 13.9. The average molecular weight is 366 g/mol. The Kier molecular flexibility index (Phi) is 5.35. The van der Waals surface area contributed by atoms with Crippen LogP contribution in [0.2, 0.25) is 0 Å². The van der Waals surface area contributed by atoms with Crippen molar-refractivity contribution in [3.05, 3.63) is 83.3 Å². The van der Waals surface area contributed by atoms with E-state index >= 15 is 0 Å². The number of amides is 1. The molecule has 138 valence electrons. The molecule has 0 saturated heterocycles. The minimum Gasteiger partial charge on any atom is -0.481 e. The Hall–Kier alpha value is -3.41. The predicted molar refractivity (Wildman–Crippen MR) is 101 cm³/mol. The Morgan fingerprint density at radius 1 is 1.04 bits per heavy atom. The van der Waals surface area contributed by atoms with Gasteiger partial charge in [-0.3, -0.25) is 19.7 Å². The molecule has 0 radical (unpaired) electrons. The van der Waals surface area contributed by atoms with E-state index < -0.39 is 17.7 Å². The van der Waals surface area contributed by atoms with Crippen LogP contribution in [0.15, 0.2) is 60.7 Å². The molecule has 0 atom stereocenters. The molecule has 0 aliphatic rings. The SMILES string of the molecule is Cc1ccc(-c2ccc(CCC(=O)O)n2NC(=O)c2ccccc2F)cc1. The number of aromatic nitrogens is 1. The summed E-state index contributed by atoms with van der Waals surface area (Å²) in [6.07, 6.45) is 0.158. The van der Waals surface area contributed by atoms with Gasteiger partial charge in [0.1, 0.15) is 5.82 Å². The van der Waals surface area contributed by atoms with Crippen molar-refractivity contribution >= 4 is 11.9 Å². The Morgan fingerprint density at radius 2 is 1.74 bits per heavy atom. The second kappa shape index (κ2) is 7.86. The van der Waals surface area contributed by atoms with Gasteiger partial charge < -0.3 is 5.11 Å². The lowest BCUT2D eigenvalue weighted by Crippen LogP contribution is -2.26. The molecule has 1 amide bonds. The topological polar surface area (TPSA) is 71.3 Å². The number of carbonyl (C=O) groups is 2. The Balaban J connectivity index is 1.98. The van der Waals surface area contributed by atoms with Crippen LogP contribution >= 0.6 is 0 Å². The highest BCUT2D eigenvalue weighted by atomic mass is 19.1. The maximum atomic E-state index is 13.9. The van der Waals surface area contributed by atoms with Gasteiger partial charge in [-0.25, -0.2) is 4.39 Å². The summed E-state index contributed by atoms with van der Waals surface area (Å²) in [5, 5.41) is 8.97. The van der Waals surface area contributed by atoms with E-state index in [9.17, 15) is 14.0 Å². The summed E-state index contributed by atoms with van der Waals surface area (Å²) in [7, 11) is 0. The molecule has 0 saturated carbocycles. The highest BCUT2D eigenvalue weighted by Crippen LogP contribution is 2.23. The van der Waals surface area contributed by atoms with E-state index in [4.69, 9.17) is 5.11 Å². The molecule has 2 aromatic carbocycles. The fourth-order valence-corrected chi connectivity index (χ4v) is 2.80. The zero-order valence-corrected chi connectivity index (χ0v) is 14.8. The number of carboxylic acid groups (broad SMARTS) is 1. The summed E-state index contributed by atoms with van der Waals surface area (Å²) >= 11 is 0. The van der Waals surface area contributed by atoms with Gasteiger partial charge in [0.15, 0.2) is 0 Å².